The van der Waals surface area contributed by atoms with Gasteiger partial charge in [-0.3, -0.25) is 76.7 Å². The van der Waals surface area contributed by atoms with Crippen LogP contribution in [0.4, 0.5) is 0 Å². The molecule has 0 aromatic heterocycles. The van der Waals surface area contributed by atoms with E-state index in [9.17, 15) is 67.4 Å². The highest BCUT2D eigenvalue weighted by atomic mass is 32.2. The predicted molar refractivity (Wildman–Crippen MR) is 383 cm³/mol. The van der Waals surface area contributed by atoms with Crippen molar-refractivity contribution < 1.29 is 81.8 Å². The number of primary amides is 3. The van der Waals surface area contributed by atoms with Gasteiger partial charge < -0.3 is 95.5 Å². The topological polar surface area (TPSA) is 519 Å². The quantitative estimate of drug-likeness (QED) is 0.0786. The number of aliphatic hydroxyl groups excluding tert-OH is 1. The second kappa shape index (κ2) is 39.2. The summed E-state index contributed by atoms with van der Waals surface area (Å²) in [4.78, 5) is 231. The van der Waals surface area contributed by atoms with Gasteiger partial charge in [-0.1, -0.05) is 52.3 Å². The Labute approximate surface area is 616 Å². The summed E-state index contributed by atoms with van der Waals surface area (Å²) in [5.74, 6) is -14.2. The molecular formula is C67H101N17O17S3. The van der Waals surface area contributed by atoms with Gasteiger partial charge in [-0.2, -0.15) is 35.3 Å². The zero-order chi connectivity index (χ0) is 76.2. The Morgan fingerprint density at radius 1 is 0.529 bits per heavy atom. The van der Waals surface area contributed by atoms with E-state index < -0.39 is 205 Å². The van der Waals surface area contributed by atoms with Crippen molar-refractivity contribution in [3.05, 3.63) is 34.9 Å². The van der Waals surface area contributed by atoms with Gasteiger partial charge in [0, 0.05) is 67.1 Å². The maximum Gasteiger partial charge on any atom is 0.246 e. The van der Waals surface area contributed by atoms with Gasteiger partial charge in [0.1, 0.15) is 72.5 Å². The molecule has 0 aliphatic carbocycles. The fourth-order valence-corrected chi connectivity index (χ4v) is 16.5. The summed E-state index contributed by atoms with van der Waals surface area (Å²) in [5, 5.41) is 34.5. The lowest BCUT2D eigenvalue weighted by atomic mass is 9.96. The lowest BCUT2D eigenvalue weighted by Gasteiger charge is -2.34. The highest BCUT2D eigenvalue weighted by Gasteiger charge is 2.48. The SMILES string of the molecule is CC[C@H](C)[C@@H]1NC(=O)[C@H](CO)NC(=O)[C@@H](NC(=O)[C@H](C)N)CSCc2cc3cc(c2)CSC[C@H](NC(=O)[C@@H]2CCCN2C(=O)[C@@H]2CCCN2C(=O)[C@H](CC(C)C)NC1=O)C(=O)N[C@@H](CC(N)=O)C(=O)N1CCC[C@H]1C(=O)N1CCC[C@H]1C(=O)N[C@@H](CCC(N)=O)C(=O)N[C@H](C(=O)NCC(N)=O)CSC3. The van der Waals surface area contributed by atoms with Gasteiger partial charge in [-0.05, 0) is 99.7 Å². The van der Waals surface area contributed by atoms with E-state index in [0.29, 0.717) is 42.4 Å². The standard InChI is InChI=1S/C67H101N17O17S3/c1-6-35(4)54-63(97)75-41(21-34(2)3)64(98)83-19-9-13-49(83)66(100)82-18-8-12-48(82)62(96)79-46-33-104-30-39-23-37(22-38(24-39)29-103-32-45(77-55(89)36(5)68)60(94)76-43(27-85)58(92)80-54)28-102-31-44(56(90)72-26-53(71)88)78-57(91)40(15-16-51(69)86)73-61(95)47-11-7-17-81(47)67(101)50-14-10-20-84(50)65(99)42(25-52(70)87)74-59(46)93/h22-24,34-36,40-50,54,85H,6-21,25-33,68H2,1-5H3,(H2,69,86)(H2,70,87)(H2,71,88)(H,72,90)(H,73,95)(H,74,93)(H,75,97)(H,76,94)(H,77,89)(H,78,91)(H,79,96)(H,80,92)/t35-,36-,40-,41-,42-,43-,44-,45-,46-,47-,48-,49-,50-,54-/m0/s1. The Bertz CT molecular complexity index is 3390. The van der Waals surface area contributed by atoms with Gasteiger partial charge in [-0.25, -0.2) is 0 Å². The third-order valence-corrected chi connectivity index (χ3v) is 22.4. The van der Waals surface area contributed by atoms with Gasteiger partial charge in [0.05, 0.1) is 25.6 Å². The van der Waals surface area contributed by atoms with Crippen LogP contribution in [0.2, 0.25) is 0 Å². The molecule has 0 unspecified atom stereocenters. The maximum absolute atomic E-state index is 15.1. The third kappa shape index (κ3) is 22.9. The number of rotatable bonds is 15. The number of nitrogens with one attached hydrogen (secondary N) is 9. The van der Waals surface area contributed by atoms with Gasteiger partial charge >= 0.3 is 0 Å². The second-order valence-electron chi connectivity index (χ2n) is 27.7. The third-order valence-electron chi connectivity index (χ3n) is 19.1. The van der Waals surface area contributed by atoms with E-state index in [1.54, 1.807) is 32.0 Å². The molecule has 4 saturated heterocycles. The molecule has 37 heteroatoms. The molecule has 6 aliphatic heterocycles. The first kappa shape index (κ1) is 83.0. The van der Waals surface area contributed by atoms with Gasteiger partial charge in [-0.15, -0.1) is 0 Å². The average molecular weight is 1510 g/mol. The first-order valence-corrected chi connectivity index (χ1v) is 38.8. The van der Waals surface area contributed by atoms with Gasteiger partial charge in [0.25, 0.3) is 0 Å². The molecule has 1 aromatic rings. The smallest absolute Gasteiger partial charge is 0.246 e. The number of aliphatic hydroxyl groups is 1. The van der Waals surface area contributed by atoms with Crippen LogP contribution in [0.5, 0.6) is 0 Å². The van der Waals surface area contributed by atoms with Crippen LogP contribution in [-0.2, 0) is 94.0 Å². The largest absolute Gasteiger partial charge is 0.394 e. The molecule has 4 fully saturated rings. The molecule has 4 bridgehead atoms. The number of nitrogens with two attached hydrogens (primary N) is 4. The van der Waals surface area contributed by atoms with Crippen LogP contribution >= 0.6 is 35.3 Å². The summed E-state index contributed by atoms with van der Waals surface area (Å²) < 4.78 is 0. The number of nitrogens with zero attached hydrogens (tertiary/aromatic N) is 4. The number of benzene rings is 1. The minimum absolute atomic E-state index is 0.0332. The zero-order valence-corrected chi connectivity index (χ0v) is 61.8. The fourth-order valence-electron chi connectivity index (χ4n) is 13.5. The van der Waals surface area contributed by atoms with Crippen molar-refractivity contribution in [2.24, 2.45) is 34.8 Å². The number of carbonyl (C=O) groups is 16. The number of hydrogen-bond acceptors (Lipinski definition) is 21. The number of hydrogen-bond donors (Lipinski definition) is 14. The lowest BCUT2D eigenvalue weighted by molar-refractivity contribution is -0.149. The molecule has 14 atom stereocenters. The minimum atomic E-state index is -1.71. The molecule has 0 radical (unpaired) electrons. The van der Waals surface area contributed by atoms with Crippen LogP contribution in [0.1, 0.15) is 135 Å². The van der Waals surface area contributed by atoms with Crippen LogP contribution in [0, 0.1) is 11.8 Å². The van der Waals surface area contributed by atoms with E-state index in [4.69, 9.17) is 22.9 Å². The van der Waals surface area contributed by atoms with E-state index in [1.807, 2.05) is 13.8 Å². The molecule has 1 aromatic carbocycles. The molecule has 574 valence electrons. The number of fused-ring (bicyclic) bond motifs is 9. The van der Waals surface area contributed by atoms with E-state index in [1.165, 1.54) is 26.5 Å². The fraction of sp³-hybridized carbons (Fsp3) is 0.672. The Morgan fingerprint density at radius 2 is 1.00 bits per heavy atom. The Kier molecular flexibility index (Phi) is 31.3. The summed E-state index contributed by atoms with van der Waals surface area (Å²) in [6.07, 6.45) is 0.731. The number of amides is 16. The van der Waals surface area contributed by atoms with Crippen molar-refractivity contribution in [3.8, 4) is 0 Å². The molecule has 0 spiro atoms. The maximum atomic E-state index is 15.1. The Morgan fingerprint density at radius 3 is 1.50 bits per heavy atom. The van der Waals surface area contributed by atoms with Crippen molar-refractivity contribution in [2.75, 3.05) is 56.6 Å². The molecule has 18 N–H and O–H groups in total. The van der Waals surface area contributed by atoms with Crippen molar-refractivity contribution >= 4 is 130 Å². The minimum Gasteiger partial charge on any atom is -0.394 e. The van der Waals surface area contributed by atoms with E-state index in [-0.39, 0.29) is 112 Å². The van der Waals surface area contributed by atoms with Gasteiger partial charge in [0.2, 0.25) is 94.5 Å². The highest BCUT2D eigenvalue weighted by Crippen LogP contribution is 2.31. The lowest BCUT2D eigenvalue weighted by Crippen LogP contribution is -2.62. The van der Waals surface area contributed by atoms with Crippen LogP contribution in [-0.4, -0.2) is 254 Å². The molecule has 34 nitrogen and oxygen atoms in total. The Hall–Kier alpha value is -8.29. The summed E-state index contributed by atoms with van der Waals surface area (Å²) in [5.41, 5.74) is 24.5. The first-order valence-electron chi connectivity index (χ1n) is 35.4. The van der Waals surface area contributed by atoms with E-state index >= 15 is 14.4 Å². The summed E-state index contributed by atoms with van der Waals surface area (Å²) in [6, 6.07) is -12.2. The zero-order valence-electron chi connectivity index (χ0n) is 59.4. The van der Waals surface area contributed by atoms with Gasteiger partial charge in [0.15, 0.2) is 0 Å². The second-order valence-corrected chi connectivity index (χ2v) is 30.8. The summed E-state index contributed by atoms with van der Waals surface area (Å²) >= 11 is 3.46. The van der Waals surface area contributed by atoms with E-state index in [2.05, 4.69) is 47.9 Å². The van der Waals surface area contributed by atoms with Crippen LogP contribution in [0.3, 0.4) is 0 Å². The highest BCUT2D eigenvalue weighted by molar-refractivity contribution is 7.99. The average Bonchev–Trinajstić information content (AvgIpc) is 1.66. The molecule has 6 heterocycles. The molecule has 0 saturated carbocycles. The summed E-state index contributed by atoms with van der Waals surface area (Å²) in [7, 11) is 0. The number of carbonyl (C=O) groups excluding carboxylic acids is 16. The van der Waals surface area contributed by atoms with Crippen LogP contribution in [0.15, 0.2) is 18.2 Å². The Balaban J connectivity index is 1.33. The van der Waals surface area contributed by atoms with Crippen molar-refractivity contribution in [3.63, 3.8) is 0 Å². The molecule has 6 aliphatic rings. The first-order chi connectivity index (χ1) is 49.4. The molecule has 16 amide bonds. The predicted octanol–water partition coefficient (Wildman–Crippen LogP) is -4.57. The van der Waals surface area contributed by atoms with Crippen molar-refractivity contribution in [1.82, 2.24) is 67.5 Å². The van der Waals surface area contributed by atoms with E-state index in [0.717, 1.165) is 35.3 Å². The molecule has 104 heavy (non-hydrogen) atoms. The van der Waals surface area contributed by atoms with Crippen LogP contribution < -0.4 is 70.8 Å². The van der Waals surface area contributed by atoms with Crippen LogP contribution in [0.25, 0.3) is 0 Å². The van der Waals surface area contributed by atoms with Crippen molar-refractivity contribution in [2.45, 2.75) is 214 Å². The van der Waals surface area contributed by atoms with Crippen molar-refractivity contribution in [1.29, 1.82) is 0 Å². The number of thioether (sulfide) groups is 3. The molecular weight excluding hydrogens is 1410 g/mol. The normalized spacial score (nSPS) is 28.0. The molecule has 7 rings (SSSR count). The monoisotopic (exact) mass is 1510 g/mol. The summed E-state index contributed by atoms with van der Waals surface area (Å²) in [6.45, 7) is 7.12.